The van der Waals surface area contributed by atoms with Gasteiger partial charge in [0.15, 0.2) is 0 Å². The van der Waals surface area contributed by atoms with Crippen LogP contribution < -0.4 is 0 Å². The average molecular weight is 424 g/mol. The normalized spacial score (nSPS) is 18.3. The average Bonchev–Trinajstić information content (AvgIpc) is 3.05. The molecule has 0 unspecified atom stereocenters. The third kappa shape index (κ3) is 5.40. The second-order valence-electron chi connectivity index (χ2n) is 6.87. The first-order valence-electron chi connectivity index (χ1n) is 9.53. The van der Waals surface area contributed by atoms with E-state index in [-0.39, 0.29) is 49.1 Å². The predicted molar refractivity (Wildman–Crippen MR) is 101 cm³/mol. The summed E-state index contributed by atoms with van der Waals surface area (Å²) in [6.45, 7) is 1.51. The number of morpholine rings is 1. The standard InChI is InChI=1S/C19H24N2O7S/c22-17-6-7-18(23)21(17)8-2-5-19(24)28-14-15-3-1-4-16(13-15)29(25,26)20-9-11-27-12-10-20/h1,3-4,13H,2,5-12,14H2. The minimum Gasteiger partial charge on any atom is -0.461 e. The van der Waals surface area contributed by atoms with Gasteiger partial charge in [-0.15, -0.1) is 0 Å². The first-order valence-corrected chi connectivity index (χ1v) is 11.0. The summed E-state index contributed by atoms with van der Waals surface area (Å²) in [6.07, 6.45) is 0.866. The molecule has 10 heteroatoms. The number of hydrogen-bond acceptors (Lipinski definition) is 7. The molecule has 9 nitrogen and oxygen atoms in total. The van der Waals surface area contributed by atoms with Crippen LogP contribution in [0.15, 0.2) is 29.2 Å². The second kappa shape index (κ2) is 9.47. The Balaban J connectivity index is 1.49. The summed E-state index contributed by atoms with van der Waals surface area (Å²) < 4.78 is 37.2. The predicted octanol–water partition coefficient (Wildman–Crippen LogP) is 0.680. The molecule has 158 valence electrons. The van der Waals surface area contributed by atoms with Crippen molar-refractivity contribution < 1.29 is 32.3 Å². The number of esters is 1. The van der Waals surface area contributed by atoms with Crippen LogP contribution in [0.1, 0.15) is 31.2 Å². The monoisotopic (exact) mass is 424 g/mol. The summed E-state index contributed by atoms with van der Waals surface area (Å²) >= 11 is 0. The van der Waals surface area contributed by atoms with E-state index in [0.29, 0.717) is 38.3 Å². The van der Waals surface area contributed by atoms with Crippen molar-refractivity contribution in [1.29, 1.82) is 0 Å². The van der Waals surface area contributed by atoms with Crippen LogP contribution in [0.25, 0.3) is 0 Å². The molecule has 0 bridgehead atoms. The van der Waals surface area contributed by atoms with Crippen molar-refractivity contribution in [3.8, 4) is 0 Å². The Bertz CT molecular complexity index is 862. The molecule has 0 aromatic heterocycles. The van der Waals surface area contributed by atoms with Gasteiger partial charge in [0.1, 0.15) is 6.61 Å². The number of sulfonamides is 1. The topological polar surface area (TPSA) is 110 Å². The lowest BCUT2D eigenvalue weighted by molar-refractivity contribution is -0.146. The molecule has 2 aliphatic heterocycles. The Morgan fingerprint density at radius 1 is 1.10 bits per heavy atom. The number of rotatable bonds is 8. The van der Waals surface area contributed by atoms with Crippen LogP contribution in [0, 0.1) is 0 Å². The molecule has 2 saturated heterocycles. The lowest BCUT2D eigenvalue weighted by Gasteiger charge is -2.26. The fourth-order valence-corrected chi connectivity index (χ4v) is 4.70. The number of nitrogens with zero attached hydrogens (tertiary/aromatic N) is 2. The highest BCUT2D eigenvalue weighted by molar-refractivity contribution is 7.89. The van der Waals surface area contributed by atoms with Gasteiger partial charge < -0.3 is 9.47 Å². The van der Waals surface area contributed by atoms with Gasteiger partial charge in [-0.25, -0.2) is 8.42 Å². The molecule has 0 radical (unpaired) electrons. The van der Waals surface area contributed by atoms with Gasteiger partial charge in [-0.05, 0) is 24.1 Å². The molecule has 29 heavy (non-hydrogen) atoms. The molecule has 3 rings (SSSR count). The number of benzene rings is 1. The highest BCUT2D eigenvalue weighted by Crippen LogP contribution is 2.19. The van der Waals surface area contributed by atoms with Crippen molar-refractivity contribution in [2.45, 2.75) is 37.2 Å². The van der Waals surface area contributed by atoms with Gasteiger partial charge in [0.05, 0.1) is 18.1 Å². The maximum Gasteiger partial charge on any atom is 0.306 e. The van der Waals surface area contributed by atoms with Gasteiger partial charge in [-0.2, -0.15) is 4.31 Å². The van der Waals surface area contributed by atoms with Crippen molar-refractivity contribution in [3.05, 3.63) is 29.8 Å². The molecule has 2 fully saturated rings. The van der Waals surface area contributed by atoms with Crippen molar-refractivity contribution in [3.63, 3.8) is 0 Å². The molecule has 2 aliphatic rings. The summed E-state index contributed by atoms with van der Waals surface area (Å²) in [5.41, 5.74) is 0.567. The van der Waals surface area contributed by atoms with Crippen LogP contribution in [-0.4, -0.2) is 68.3 Å². The van der Waals surface area contributed by atoms with Crippen LogP contribution in [0.4, 0.5) is 0 Å². The lowest BCUT2D eigenvalue weighted by Crippen LogP contribution is -2.40. The lowest BCUT2D eigenvalue weighted by atomic mass is 10.2. The molecule has 0 aliphatic carbocycles. The minimum absolute atomic E-state index is 0.0487. The van der Waals surface area contributed by atoms with Crippen LogP contribution in [0.2, 0.25) is 0 Å². The van der Waals surface area contributed by atoms with E-state index in [1.165, 1.54) is 21.3 Å². The third-order valence-corrected chi connectivity index (χ3v) is 6.72. The Morgan fingerprint density at radius 2 is 1.79 bits per heavy atom. The van der Waals surface area contributed by atoms with E-state index in [1.54, 1.807) is 12.1 Å². The van der Waals surface area contributed by atoms with Gasteiger partial charge in [0.25, 0.3) is 0 Å². The molecule has 1 aromatic rings. The van der Waals surface area contributed by atoms with Crippen molar-refractivity contribution >= 4 is 27.8 Å². The van der Waals surface area contributed by atoms with Gasteiger partial charge in [-0.1, -0.05) is 12.1 Å². The third-order valence-electron chi connectivity index (χ3n) is 4.82. The molecule has 2 heterocycles. The summed E-state index contributed by atoms with van der Waals surface area (Å²) in [6, 6.07) is 6.31. The zero-order valence-electron chi connectivity index (χ0n) is 16.0. The second-order valence-corrected chi connectivity index (χ2v) is 8.81. The number of likely N-dealkylation sites (tertiary alicyclic amines) is 1. The number of hydrogen-bond donors (Lipinski definition) is 0. The maximum atomic E-state index is 12.7. The molecular formula is C19H24N2O7S. The van der Waals surface area contributed by atoms with Gasteiger partial charge >= 0.3 is 5.97 Å². The molecule has 2 amide bonds. The van der Waals surface area contributed by atoms with Crippen LogP contribution in [-0.2, 0) is 40.5 Å². The Morgan fingerprint density at radius 3 is 2.48 bits per heavy atom. The Kier molecular flexibility index (Phi) is 6.99. The number of amides is 2. The molecule has 0 spiro atoms. The number of imide groups is 1. The zero-order chi connectivity index (χ0) is 20.9. The fraction of sp³-hybridized carbons (Fsp3) is 0.526. The fourth-order valence-electron chi connectivity index (χ4n) is 3.22. The SMILES string of the molecule is O=C(CCCN1C(=O)CCC1=O)OCc1cccc(S(=O)(=O)N2CCOCC2)c1. The van der Waals surface area contributed by atoms with Crippen LogP contribution in [0.3, 0.4) is 0 Å². The van der Waals surface area contributed by atoms with E-state index < -0.39 is 16.0 Å². The number of ether oxygens (including phenoxy) is 2. The van der Waals surface area contributed by atoms with E-state index in [0.717, 1.165) is 0 Å². The van der Waals surface area contributed by atoms with E-state index in [1.807, 2.05) is 0 Å². The molecule has 1 aromatic carbocycles. The number of carbonyl (C=O) groups excluding carboxylic acids is 3. The van der Waals surface area contributed by atoms with Crippen LogP contribution >= 0.6 is 0 Å². The van der Waals surface area contributed by atoms with E-state index >= 15 is 0 Å². The Hall–Kier alpha value is -2.30. The smallest absolute Gasteiger partial charge is 0.306 e. The van der Waals surface area contributed by atoms with E-state index in [4.69, 9.17) is 9.47 Å². The summed E-state index contributed by atoms with van der Waals surface area (Å²) in [5.74, 6) is -0.881. The van der Waals surface area contributed by atoms with Gasteiger partial charge in [-0.3, -0.25) is 19.3 Å². The summed E-state index contributed by atoms with van der Waals surface area (Å²) in [4.78, 5) is 36.3. The molecule has 0 saturated carbocycles. The Labute approximate surface area is 169 Å². The summed E-state index contributed by atoms with van der Waals surface area (Å²) in [5, 5.41) is 0. The van der Waals surface area contributed by atoms with Crippen molar-refractivity contribution in [2.24, 2.45) is 0 Å². The summed E-state index contributed by atoms with van der Waals surface area (Å²) in [7, 11) is -3.61. The highest BCUT2D eigenvalue weighted by atomic mass is 32.2. The largest absolute Gasteiger partial charge is 0.461 e. The van der Waals surface area contributed by atoms with E-state index in [9.17, 15) is 22.8 Å². The zero-order valence-corrected chi connectivity index (χ0v) is 16.9. The van der Waals surface area contributed by atoms with Crippen LogP contribution in [0.5, 0.6) is 0 Å². The number of carbonyl (C=O) groups is 3. The first kappa shape index (κ1) is 21.4. The molecule has 0 atom stereocenters. The maximum absolute atomic E-state index is 12.7. The molecular weight excluding hydrogens is 400 g/mol. The van der Waals surface area contributed by atoms with Gasteiger partial charge in [0, 0.05) is 38.9 Å². The first-order chi connectivity index (χ1) is 13.9. The quantitative estimate of drug-likeness (QED) is 0.446. The van der Waals surface area contributed by atoms with Crippen molar-refractivity contribution in [1.82, 2.24) is 9.21 Å². The van der Waals surface area contributed by atoms with Crippen molar-refractivity contribution in [2.75, 3.05) is 32.8 Å². The van der Waals surface area contributed by atoms with E-state index in [2.05, 4.69) is 0 Å². The highest BCUT2D eigenvalue weighted by Gasteiger charge is 2.28. The molecule has 0 N–H and O–H groups in total. The minimum atomic E-state index is -3.61. The van der Waals surface area contributed by atoms with Gasteiger partial charge in [0.2, 0.25) is 21.8 Å².